The third-order valence-corrected chi connectivity index (χ3v) is 5.45. The molecule has 5 nitrogen and oxygen atoms in total. The summed E-state index contributed by atoms with van der Waals surface area (Å²) in [5.74, 6) is 1.01. The molecule has 0 atom stereocenters. The lowest BCUT2D eigenvalue weighted by atomic mass is 10.1. The number of hydrogen-bond acceptors (Lipinski definition) is 3. The molecule has 5 heteroatoms. The van der Waals surface area contributed by atoms with Gasteiger partial charge in [-0.2, -0.15) is 0 Å². The Balaban J connectivity index is 1.72. The van der Waals surface area contributed by atoms with E-state index in [1.54, 1.807) is 0 Å². The molecule has 1 saturated carbocycles. The Morgan fingerprint density at radius 3 is 2.24 bits per heavy atom. The lowest BCUT2D eigenvalue weighted by Gasteiger charge is -2.33. The molecule has 1 heterocycles. The molecule has 1 aliphatic carbocycles. The van der Waals surface area contributed by atoms with Crippen LogP contribution in [0.2, 0.25) is 0 Å². The number of piperidine rings is 1. The van der Waals surface area contributed by atoms with E-state index in [1.165, 1.54) is 38.8 Å². The summed E-state index contributed by atoms with van der Waals surface area (Å²) in [6.07, 6.45) is 6.45. The molecule has 0 radical (unpaired) electrons. The number of rotatable bonds is 9. The van der Waals surface area contributed by atoms with Gasteiger partial charge in [-0.1, -0.05) is 0 Å². The standard InChI is InChI=1S/C20H41N5/c1-6-21-20(22-12-7-13-25(16(2)3)17(4)5)23-18-10-14-24(15-11-18)19-8-9-19/h16-19H,6-15H2,1-5H3,(H2,21,22,23). The van der Waals surface area contributed by atoms with E-state index < -0.39 is 0 Å². The summed E-state index contributed by atoms with van der Waals surface area (Å²) in [6, 6.07) is 2.70. The first-order chi connectivity index (χ1) is 12.0. The van der Waals surface area contributed by atoms with E-state index in [1.807, 2.05) is 0 Å². The molecule has 2 N–H and O–H groups in total. The molecule has 0 aromatic carbocycles. The minimum Gasteiger partial charge on any atom is -0.357 e. The fourth-order valence-electron chi connectivity index (χ4n) is 3.92. The number of hydrogen-bond donors (Lipinski definition) is 2. The Morgan fingerprint density at radius 1 is 1.08 bits per heavy atom. The fraction of sp³-hybridized carbons (Fsp3) is 0.950. The van der Waals surface area contributed by atoms with Gasteiger partial charge in [0.25, 0.3) is 0 Å². The van der Waals surface area contributed by atoms with Gasteiger partial charge in [-0.15, -0.1) is 0 Å². The van der Waals surface area contributed by atoms with Crippen molar-refractivity contribution >= 4 is 5.96 Å². The largest absolute Gasteiger partial charge is 0.357 e. The molecule has 0 spiro atoms. The molecule has 0 unspecified atom stereocenters. The zero-order chi connectivity index (χ0) is 18.2. The van der Waals surface area contributed by atoms with E-state index in [0.29, 0.717) is 18.1 Å². The molecule has 1 aliphatic heterocycles. The van der Waals surface area contributed by atoms with Crippen LogP contribution in [0.3, 0.4) is 0 Å². The summed E-state index contributed by atoms with van der Waals surface area (Å²) in [5.41, 5.74) is 0. The van der Waals surface area contributed by atoms with Gasteiger partial charge >= 0.3 is 0 Å². The van der Waals surface area contributed by atoms with Crippen LogP contribution in [-0.4, -0.2) is 72.7 Å². The highest BCUT2D eigenvalue weighted by molar-refractivity contribution is 5.80. The Kier molecular flexibility index (Phi) is 8.50. The van der Waals surface area contributed by atoms with Gasteiger partial charge in [-0.05, 0) is 66.7 Å². The molecule has 1 saturated heterocycles. The average molecular weight is 352 g/mol. The van der Waals surface area contributed by atoms with E-state index in [0.717, 1.165) is 38.1 Å². The smallest absolute Gasteiger partial charge is 0.191 e. The van der Waals surface area contributed by atoms with Crippen LogP contribution in [0.15, 0.2) is 4.99 Å². The molecule has 0 amide bonds. The first-order valence-corrected chi connectivity index (χ1v) is 10.6. The maximum absolute atomic E-state index is 4.82. The van der Waals surface area contributed by atoms with Crippen molar-refractivity contribution in [2.45, 2.75) is 90.9 Å². The van der Waals surface area contributed by atoms with Crippen LogP contribution in [0.5, 0.6) is 0 Å². The zero-order valence-corrected chi connectivity index (χ0v) is 17.2. The molecule has 2 rings (SSSR count). The molecule has 146 valence electrons. The lowest BCUT2D eigenvalue weighted by molar-refractivity contribution is 0.174. The zero-order valence-electron chi connectivity index (χ0n) is 17.2. The molecular weight excluding hydrogens is 310 g/mol. The van der Waals surface area contributed by atoms with Crippen molar-refractivity contribution in [3.05, 3.63) is 0 Å². The topological polar surface area (TPSA) is 42.9 Å². The van der Waals surface area contributed by atoms with E-state index in [-0.39, 0.29) is 0 Å². The predicted octanol–water partition coefficient (Wildman–Crippen LogP) is 2.68. The molecule has 0 aromatic heterocycles. The third-order valence-electron chi connectivity index (χ3n) is 5.45. The van der Waals surface area contributed by atoms with Crippen LogP contribution in [0.1, 0.15) is 66.7 Å². The van der Waals surface area contributed by atoms with Gasteiger partial charge in [0.1, 0.15) is 0 Å². The normalized spacial score (nSPS) is 20.7. The highest BCUT2D eigenvalue weighted by atomic mass is 15.2. The van der Waals surface area contributed by atoms with Crippen LogP contribution in [0.25, 0.3) is 0 Å². The van der Waals surface area contributed by atoms with Crippen molar-refractivity contribution in [1.29, 1.82) is 0 Å². The molecular formula is C20H41N5. The van der Waals surface area contributed by atoms with Gasteiger partial charge < -0.3 is 15.5 Å². The fourth-order valence-corrected chi connectivity index (χ4v) is 3.92. The van der Waals surface area contributed by atoms with E-state index in [4.69, 9.17) is 4.99 Å². The Morgan fingerprint density at radius 2 is 1.72 bits per heavy atom. The van der Waals surface area contributed by atoms with Crippen molar-refractivity contribution in [1.82, 2.24) is 20.4 Å². The van der Waals surface area contributed by atoms with E-state index >= 15 is 0 Å². The Labute approximate surface area is 155 Å². The van der Waals surface area contributed by atoms with Gasteiger partial charge in [0.15, 0.2) is 5.96 Å². The second kappa shape index (κ2) is 10.4. The van der Waals surface area contributed by atoms with Gasteiger partial charge in [0.2, 0.25) is 0 Å². The van der Waals surface area contributed by atoms with Crippen molar-refractivity contribution < 1.29 is 0 Å². The van der Waals surface area contributed by atoms with Gasteiger partial charge in [0, 0.05) is 56.9 Å². The predicted molar refractivity (Wildman–Crippen MR) is 108 cm³/mol. The number of nitrogens with one attached hydrogen (secondary N) is 2. The Hall–Kier alpha value is -0.810. The minimum absolute atomic E-state index is 0.579. The van der Waals surface area contributed by atoms with Crippen LogP contribution in [0.4, 0.5) is 0 Å². The average Bonchev–Trinajstić information content (AvgIpc) is 3.39. The van der Waals surface area contributed by atoms with Crippen LogP contribution >= 0.6 is 0 Å². The van der Waals surface area contributed by atoms with Crippen molar-refractivity contribution in [2.24, 2.45) is 4.99 Å². The number of likely N-dealkylation sites (tertiary alicyclic amines) is 1. The summed E-state index contributed by atoms with van der Waals surface area (Å²) in [6.45, 7) is 16.7. The van der Waals surface area contributed by atoms with Crippen LogP contribution in [-0.2, 0) is 0 Å². The van der Waals surface area contributed by atoms with E-state index in [2.05, 4.69) is 55.1 Å². The molecule has 0 aromatic rings. The van der Waals surface area contributed by atoms with Crippen molar-refractivity contribution in [3.63, 3.8) is 0 Å². The number of nitrogens with zero attached hydrogens (tertiary/aromatic N) is 3. The summed E-state index contributed by atoms with van der Waals surface area (Å²) in [7, 11) is 0. The minimum atomic E-state index is 0.579. The summed E-state index contributed by atoms with van der Waals surface area (Å²) in [4.78, 5) is 10.0. The quantitative estimate of drug-likeness (QED) is 0.381. The maximum Gasteiger partial charge on any atom is 0.191 e. The maximum atomic E-state index is 4.82. The highest BCUT2D eigenvalue weighted by Crippen LogP contribution is 2.29. The van der Waals surface area contributed by atoms with E-state index in [9.17, 15) is 0 Å². The van der Waals surface area contributed by atoms with Crippen LogP contribution in [0, 0.1) is 0 Å². The SMILES string of the molecule is CCNC(=NCCCN(C(C)C)C(C)C)NC1CCN(C2CC2)CC1. The van der Waals surface area contributed by atoms with Crippen LogP contribution < -0.4 is 10.6 Å². The van der Waals surface area contributed by atoms with Gasteiger partial charge in [-0.3, -0.25) is 9.89 Å². The monoisotopic (exact) mass is 351 g/mol. The molecule has 25 heavy (non-hydrogen) atoms. The lowest BCUT2D eigenvalue weighted by Crippen LogP contribution is -2.49. The first-order valence-electron chi connectivity index (χ1n) is 10.6. The summed E-state index contributed by atoms with van der Waals surface area (Å²) in [5, 5.41) is 7.09. The van der Waals surface area contributed by atoms with Crippen molar-refractivity contribution in [2.75, 3.05) is 32.7 Å². The second-order valence-corrected chi connectivity index (χ2v) is 8.23. The van der Waals surface area contributed by atoms with Crippen molar-refractivity contribution in [3.8, 4) is 0 Å². The second-order valence-electron chi connectivity index (χ2n) is 8.23. The van der Waals surface area contributed by atoms with Gasteiger partial charge in [0.05, 0.1) is 0 Å². The third kappa shape index (κ3) is 7.14. The first kappa shape index (κ1) is 20.5. The number of guanidine groups is 1. The number of aliphatic imine (C=N–C) groups is 1. The molecule has 2 aliphatic rings. The Bertz CT molecular complexity index is 387. The summed E-state index contributed by atoms with van der Waals surface area (Å²) < 4.78 is 0. The molecule has 0 bridgehead atoms. The summed E-state index contributed by atoms with van der Waals surface area (Å²) >= 11 is 0. The molecule has 2 fully saturated rings. The highest BCUT2D eigenvalue weighted by Gasteiger charge is 2.31. The van der Waals surface area contributed by atoms with Gasteiger partial charge in [-0.25, -0.2) is 0 Å².